The van der Waals surface area contributed by atoms with Crippen LogP contribution in [0.2, 0.25) is 0 Å². The fourth-order valence-corrected chi connectivity index (χ4v) is 1.43. The number of amides is 2. The second-order valence-electron chi connectivity index (χ2n) is 3.51. The van der Waals surface area contributed by atoms with Crippen LogP contribution in [0.15, 0.2) is 43.0 Å². The minimum Gasteiger partial charge on any atom is -0.335 e. The minimum absolute atomic E-state index is 0.161. The van der Waals surface area contributed by atoms with Gasteiger partial charge in [-0.1, -0.05) is 36.4 Å². The smallest absolute Gasteiger partial charge is 0.315 e. The molecular formula is C14H16N2O. The molecular weight excluding hydrogens is 212 g/mol. The molecule has 3 nitrogen and oxygen atoms in total. The minimum atomic E-state index is -0.242. The van der Waals surface area contributed by atoms with Crippen molar-refractivity contribution in [2.75, 3.05) is 6.54 Å². The average Bonchev–Trinajstić information content (AvgIpc) is 2.37. The fraction of sp³-hybridized carbons (Fsp3) is 0.214. The molecule has 0 aliphatic carbocycles. The maximum Gasteiger partial charge on any atom is 0.315 e. The van der Waals surface area contributed by atoms with Gasteiger partial charge >= 0.3 is 6.03 Å². The normalized spacial score (nSPS) is 11.0. The van der Waals surface area contributed by atoms with Crippen LogP contribution in [0.1, 0.15) is 18.0 Å². The van der Waals surface area contributed by atoms with Crippen molar-refractivity contribution in [3.05, 3.63) is 48.6 Å². The first-order valence-electron chi connectivity index (χ1n) is 5.41. The van der Waals surface area contributed by atoms with Crippen LogP contribution in [-0.4, -0.2) is 12.6 Å². The van der Waals surface area contributed by atoms with Gasteiger partial charge in [-0.05, 0) is 5.56 Å². The van der Waals surface area contributed by atoms with Crippen LogP contribution < -0.4 is 10.6 Å². The number of carbonyl (C=O) groups is 1. The molecule has 0 saturated heterocycles. The predicted molar refractivity (Wildman–Crippen MR) is 69.4 cm³/mol. The van der Waals surface area contributed by atoms with Crippen molar-refractivity contribution in [2.24, 2.45) is 0 Å². The van der Waals surface area contributed by atoms with Gasteiger partial charge in [0.25, 0.3) is 0 Å². The van der Waals surface area contributed by atoms with E-state index in [1.54, 1.807) is 6.08 Å². The van der Waals surface area contributed by atoms with Crippen molar-refractivity contribution in [2.45, 2.75) is 12.5 Å². The summed E-state index contributed by atoms with van der Waals surface area (Å²) in [5.41, 5.74) is 0.999. The summed E-state index contributed by atoms with van der Waals surface area (Å²) in [5.74, 6) is 2.57. The number of benzene rings is 1. The van der Waals surface area contributed by atoms with Crippen molar-refractivity contribution in [1.82, 2.24) is 10.6 Å². The summed E-state index contributed by atoms with van der Waals surface area (Å²) in [5, 5.41) is 5.48. The molecule has 0 aromatic heterocycles. The molecule has 1 rings (SSSR count). The van der Waals surface area contributed by atoms with Gasteiger partial charge in [-0.25, -0.2) is 4.79 Å². The van der Waals surface area contributed by atoms with E-state index in [1.165, 1.54) is 0 Å². The highest BCUT2D eigenvalue weighted by Gasteiger charge is 2.12. The van der Waals surface area contributed by atoms with Crippen molar-refractivity contribution < 1.29 is 4.79 Å². The first-order valence-corrected chi connectivity index (χ1v) is 5.41. The molecule has 0 spiro atoms. The number of carbonyl (C=O) groups excluding carboxylic acids is 1. The maximum atomic E-state index is 11.5. The Bertz CT molecular complexity index is 406. The average molecular weight is 228 g/mol. The van der Waals surface area contributed by atoms with E-state index in [4.69, 9.17) is 6.42 Å². The molecule has 88 valence electrons. The molecule has 2 amide bonds. The Morgan fingerprint density at radius 2 is 2.18 bits per heavy atom. The summed E-state index contributed by atoms with van der Waals surface area (Å²) in [6, 6.07) is 9.24. The molecule has 3 heteroatoms. The number of hydrogen-bond acceptors (Lipinski definition) is 1. The number of nitrogens with one attached hydrogen (secondary N) is 2. The second-order valence-corrected chi connectivity index (χ2v) is 3.51. The van der Waals surface area contributed by atoms with Gasteiger partial charge in [-0.3, -0.25) is 0 Å². The summed E-state index contributed by atoms with van der Waals surface area (Å²) < 4.78 is 0. The SMILES string of the molecule is C#CCC(NC(=O)NCC=C)c1ccccc1. The summed E-state index contributed by atoms with van der Waals surface area (Å²) in [4.78, 5) is 11.5. The standard InChI is InChI=1S/C14H16N2O/c1-3-8-13(12-9-6-5-7-10-12)16-14(17)15-11-4-2/h1,4-7,9-10,13H,2,8,11H2,(H2,15,16,17). The van der Waals surface area contributed by atoms with Crippen molar-refractivity contribution in [3.8, 4) is 12.3 Å². The third kappa shape index (κ3) is 4.43. The van der Waals surface area contributed by atoms with Gasteiger partial charge in [0, 0.05) is 13.0 Å². The molecule has 1 atom stereocenters. The summed E-state index contributed by atoms with van der Waals surface area (Å²) in [6.45, 7) is 3.97. The van der Waals surface area contributed by atoms with E-state index >= 15 is 0 Å². The van der Waals surface area contributed by atoms with E-state index in [2.05, 4.69) is 23.1 Å². The molecule has 0 heterocycles. The summed E-state index contributed by atoms with van der Waals surface area (Å²) in [7, 11) is 0. The Morgan fingerprint density at radius 1 is 1.47 bits per heavy atom. The highest BCUT2D eigenvalue weighted by atomic mass is 16.2. The van der Waals surface area contributed by atoms with E-state index in [0.29, 0.717) is 13.0 Å². The van der Waals surface area contributed by atoms with Crippen LogP contribution in [0.25, 0.3) is 0 Å². The zero-order valence-electron chi connectivity index (χ0n) is 9.65. The number of terminal acetylenes is 1. The Hall–Kier alpha value is -2.21. The molecule has 1 unspecified atom stereocenters. The Labute approximate surface area is 102 Å². The number of rotatable bonds is 5. The number of hydrogen-bond donors (Lipinski definition) is 2. The molecule has 1 aromatic carbocycles. The fourth-order valence-electron chi connectivity index (χ4n) is 1.43. The van der Waals surface area contributed by atoms with Crippen LogP contribution in [0.5, 0.6) is 0 Å². The highest BCUT2D eigenvalue weighted by molar-refractivity contribution is 5.74. The Kier molecular flexibility index (Phi) is 5.39. The summed E-state index contributed by atoms with van der Waals surface area (Å²) in [6.07, 6.45) is 7.39. The zero-order valence-corrected chi connectivity index (χ0v) is 9.65. The lowest BCUT2D eigenvalue weighted by molar-refractivity contribution is 0.238. The monoisotopic (exact) mass is 228 g/mol. The molecule has 0 fully saturated rings. The molecule has 0 bridgehead atoms. The highest BCUT2D eigenvalue weighted by Crippen LogP contribution is 2.15. The summed E-state index contributed by atoms with van der Waals surface area (Å²) >= 11 is 0. The van der Waals surface area contributed by atoms with Crippen molar-refractivity contribution >= 4 is 6.03 Å². The lowest BCUT2D eigenvalue weighted by Gasteiger charge is -2.17. The quantitative estimate of drug-likeness (QED) is 0.589. The van der Waals surface area contributed by atoms with E-state index in [-0.39, 0.29) is 12.1 Å². The first-order chi connectivity index (χ1) is 8.27. The third-order valence-electron chi connectivity index (χ3n) is 2.24. The first kappa shape index (κ1) is 12.9. The zero-order chi connectivity index (χ0) is 12.5. The van der Waals surface area contributed by atoms with Gasteiger partial charge in [0.2, 0.25) is 0 Å². The van der Waals surface area contributed by atoms with Gasteiger partial charge in [-0.15, -0.1) is 18.9 Å². The van der Waals surface area contributed by atoms with E-state index < -0.39 is 0 Å². The lowest BCUT2D eigenvalue weighted by atomic mass is 10.0. The van der Waals surface area contributed by atoms with Gasteiger partial charge in [0.05, 0.1) is 6.04 Å². The van der Waals surface area contributed by atoms with Gasteiger partial charge in [0.15, 0.2) is 0 Å². The predicted octanol–water partition coefficient (Wildman–Crippen LogP) is 2.24. The van der Waals surface area contributed by atoms with E-state index in [1.807, 2.05) is 30.3 Å². The van der Waals surface area contributed by atoms with Crippen LogP contribution in [0.3, 0.4) is 0 Å². The van der Waals surface area contributed by atoms with Crippen LogP contribution >= 0.6 is 0 Å². The van der Waals surface area contributed by atoms with Crippen molar-refractivity contribution in [1.29, 1.82) is 0 Å². The van der Waals surface area contributed by atoms with Gasteiger partial charge < -0.3 is 10.6 Å². The van der Waals surface area contributed by atoms with E-state index in [0.717, 1.165) is 5.56 Å². The molecule has 1 aromatic rings. The van der Waals surface area contributed by atoms with E-state index in [9.17, 15) is 4.79 Å². The van der Waals surface area contributed by atoms with Crippen LogP contribution in [-0.2, 0) is 0 Å². The molecule has 17 heavy (non-hydrogen) atoms. The molecule has 0 aliphatic heterocycles. The third-order valence-corrected chi connectivity index (χ3v) is 2.24. The molecule has 0 saturated carbocycles. The van der Waals surface area contributed by atoms with Crippen LogP contribution in [0, 0.1) is 12.3 Å². The Balaban J connectivity index is 2.64. The number of urea groups is 1. The molecule has 0 aliphatic rings. The van der Waals surface area contributed by atoms with Crippen LogP contribution in [0.4, 0.5) is 4.79 Å². The molecule has 2 N–H and O–H groups in total. The topological polar surface area (TPSA) is 41.1 Å². The largest absolute Gasteiger partial charge is 0.335 e. The van der Waals surface area contributed by atoms with Gasteiger partial charge in [0.1, 0.15) is 0 Å². The van der Waals surface area contributed by atoms with Crippen molar-refractivity contribution in [3.63, 3.8) is 0 Å². The Morgan fingerprint density at radius 3 is 2.76 bits per heavy atom. The maximum absolute atomic E-state index is 11.5. The lowest BCUT2D eigenvalue weighted by Crippen LogP contribution is -2.37. The van der Waals surface area contributed by atoms with Gasteiger partial charge in [-0.2, -0.15) is 0 Å². The second kappa shape index (κ2) is 7.13. The molecule has 0 radical (unpaired) electrons.